The molecular formula is C28H27ClN2O3. The fourth-order valence-corrected chi connectivity index (χ4v) is 5.95. The number of nitrogens with zero attached hydrogens (tertiary/aromatic N) is 2. The predicted molar refractivity (Wildman–Crippen MR) is 132 cm³/mol. The molecule has 0 atom stereocenters. The number of ether oxygens (including phenoxy) is 1. The second-order valence-corrected chi connectivity index (χ2v) is 10.5. The van der Waals surface area contributed by atoms with Crippen LogP contribution in [-0.4, -0.2) is 40.3 Å². The Morgan fingerprint density at radius 2 is 1.85 bits per heavy atom. The van der Waals surface area contributed by atoms with Crippen LogP contribution in [0.1, 0.15) is 68.8 Å². The summed E-state index contributed by atoms with van der Waals surface area (Å²) in [6.07, 6.45) is 4.45. The highest BCUT2D eigenvalue weighted by atomic mass is 35.5. The van der Waals surface area contributed by atoms with E-state index in [2.05, 4.69) is 0 Å². The third-order valence-electron chi connectivity index (χ3n) is 7.86. The summed E-state index contributed by atoms with van der Waals surface area (Å²) in [4.78, 5) is 33.6. The van der Waals surface area contributed by atoms with Crippen molar-refractivity contribution in [2.24, 2.45) is 0 Å². The highest BCUT2D eigenvalue weighted by Crippen LogP contribution is 2.41. The lowest BCUT2D eigenvalue weighted by Gasteiger charge is -2.44. The first-order valence-corrected chi connectivity index (χ1v) is 12.5. The number of likely N-dealkylation sites (tertiary alicyclic amines) is 1. The Bertz CT molecular complexity index is 1370. The van der Waals surface area contributed by atoms with Gasteiger partial charge in [-0.25, -0.2) is 0 Å². The highest BCUT2D eigenvalue weighted by Gasteiger charge is 2.44. The number of hydrogen-bond donors (Lipinski definition) is 0. The van der Waals surface area contributed by atoms with E-state index >= 15 is 0 Å². The molecule has 0 radical (unpaired) electrons. The minimum absolute atomic E-state index is 0.0386. The van der Waals surface area contributed by atoms with Gasteiger partial charge in [0.2, 0.25) is 0 Å². The number of piperidine rings is 1. The summed E-state index contributed by atoms with van der Waals surface area (Å²) < 4.78 is 6.47. The Balaban J connectivity index is 1.29. The van der Waals surface area contributed by atoms with Crippen LogP contribution in [0, 0.1) is 13.8 Å². The smallest absolute Gasteiger partial charge is 0.254 e. The molecule has 1 amide bonds. The molecule has 3 aromatic rings. The minimum atomic E-state index is -0.534. The van der Waals surface area contributed by atoms with E-state index in [4.69, 9.17) is 21.3 Å². The van der Waals surface area contributed by atoms with Crippen LogP contribution in [0.3, 0.4) is 0 Å². The van der Waals surface area contributed by atoms with Gasteiger partial charge in [0, 0.05) is 42.0 Å². The SMILES string of the molecule is Cc1cc2c(cc1C)C(=O)CC1(CCN(C(=O)c3c4c(nc5ccc(Cl)cc35)CCC4)CC1)O2. The summed E-state index contributed by atoms with van der Waals surface area (Å²) in [6.45, 7) is 5.18. The van der Waals surface area contributed by atoms with Crippen LogP contribution in [-0.2, 0) is 12.8 Å². The van der Waals surface area contributed by atoms with E-state index in [-0.39, 0.29) is 11.7 Å². The Morgan fingerprint density at radius 1 is 1.09 bits per heavy atom. The molecule has 3 aliphatic rings. The number of aromatic nitrogens is 1. The molecule has 0 bridgehead atoms. The molecule has 1 aliphatic carbocycles. The molecule has 0 unspecified atom stereocenters. The molecule has 1 spiro atoms. The zero-order valence-electron chi connectivity index (χ0n) is 19.5. The second-order valence-electron chi connectivity index (χ2n) is 10.0. The number of aryl methyl sites for hydroxylation is 3. The predicted octanol–water partition coefficient (Wildman–Crippen LogP) is 5.63. The number of ketones is 1. The second kappa shape index (κ2) is 7.81. The average Bonchev–Trinajstić information content (AvgIpc) is 3.27. The molecule has 174 valence electrons. The standard InChI is InChI=1S/C28H27ClN2O3/c1-16-12-21-24(32)15-28(34-25(21)13-17(16)2)8-10-31(11-9-28)27(33)26-19-4-3-5-22(19)30-23-7-6-18(29)14-20(23)26/h6-7,12-14H,3-5,8-11,15H2,1-2H3. The van der Waals surface area contributed by atoms with Crippen molar-refractivity contribution in [1.82, 2.24) is 9.88 Å². The van der Waals surface area contributed by atoms with Crippen molar-refractivity contribution in [2.75, 3.05) is 13.1 Å². The van der Waals surface area contributed by atoms with Gasteiger partial charge in [0.15, 0.2) is 5.78 Å². The van der Waals surface area contributed by atoms with Crippen LogP contribution >= 0.6 is 11.6 Å². The molecule has 3 heterocycles. The largest absolute Gasteiger partial charge is 0.486 e. The Morgan fingerprint density at radius 3 is 2.65 bits per heavy atom. The first-order valence-electron chi connectivity index (χ1n) is 12.1. The first-order chi connectivity index (χ1) is 16.3. The minimum Gasteiger partial charge on any atom is -0.486 e. The zero-order valence-corrected chi connectivity index (χ0v) is 20.3. The van der Waals surface area contributed by atoms with E-state index in [9.17, 15) is 9.59 Å². The molecule has 1 saturated heterocycles. The molecule has 0 N–H and O–H groups in total. The summed E-state index contributed by atoms with van der Waals surface area (Å²) in [7, 11) is 0. The van der Waals surface area contributed by atoms with Crippen molar-refractivity contribution in [1.29, 1.82) is 0 Å². The van der Waals surface area contributed by atoms with Gasteiger partial charge < -0.3 is 9.64 Å². The maximum Gasteiger partial charge on any atom is 0.254 e. The number of pyridine rings is 1. The van der Waals surface area contributed by atoms with Gasteiger partial charge in [-0.1, -0.05) is 11.6 Å². The quantitative estimate of drug-likeness (QED) is 0.458. The van der Waals surface area contributed by atoms with E-state index < -0.39 is 5.60 Å². The van der Waals surface area contributed by atoms with Crippen molar-refractivity contribution < 1.29 is 14.3 Å². The maximum atomic E-state index is 13.8. The first kappa shape index (κ1) is 21.6. The Hall–Kier alpha value is -2.92. The van der Waals surface area contributed by atoms with Gasteiger partial charge in [0.1, 0.15) is 11.4 Å². The van der Waals surface area contributed by atoms with Gasteiger partial charge in [0.25, 0.3) is 5.91 Å². The fourth-order valence-electron chi connectivity index (χ4n) is 5.78. The molecule has 6 rings (SSSR count). The number of Topliss-reactive ketones (excluding diaryl/α,β-unsaturated/α-hetero) is 1. The summed E-state index contributed by atoms with van der Waals surface area (Å²) in [6, 6.07) is 9.53. The molecule has 5 nitrogen and oxygen atoms in total. The summed E-state index contributed by atoms with van der Waals surface area (Å²) in [5.74, 6) is 0.861. The summed E-state index contributed by atoms with van der Waals surface area (Å²) in [5, 5.41) is 1.44. The van der Waals surface area contributed by atoms with E-state index in [1.165, 1.54) is 0 Å². The van der Waals surface area contributed by atoms with Crippen molar-refractivity contribution in [2.45, 2.75) is 58.0 Å². The number of carbonyl (C=O) groups excluding carboxylic acids is 2. The number of carbonyl (C=O) groups is 2. The van der Waals surface area contributed by atoms with Crippen LogP contribution < -0.4 is 4.74 Å². The lowest BCUT2D eigenvalue weighted by molar-refractivity contribution is -0.00572. The average molecular weight is 475 g/mol. The number of amides is 1. The molecule has 34 heavy (non-hydrogen) atoms. The van der Waals surface area contributed by atoms with Gasteiger partial charge >= 0.3 is 0 Å². The summed E-state index contributed by atoms with van der Waals surface area (Å²) >= 11 is 6.30. The van der Waals surface area contributed by atoms with Gasteiger partial charge in [-0.15, -0.1) is 0 Å². The van der Waals surface area contributed by atoms with Gasteiger partial charge in [-0.05, 0) is 80.1 Å². The molecule has 0 saturated carbocycles. The Labute approximate surface area is 204 Å². The Kier molecular flexibility index (Phi) is 4.96. The topological polar surface area (TPSA) is 59.5 Å². The maximum absolute atomic E-state index is 13.8. The van der Waals surface area contributed by atoms with E-state index in [1.807, 2.05) is 49.1 Å². The fraction of sp³-hybridized carbons (Fsp3) is 0.393. The monoisotopic (exact) mass is 474 g/mol. The lowest BCUT2D eigenvalue weighted by Crippen LogP contribution is -2.52. The normalized spacial score (nSPS) is 18.7. The number of halogens is 1. The third kappa shape index (κ3) is 3.40. The molecular weight excluding hydrogens is 448 g/mol. The molecule has 1 aromatic heterocycles. The van der Waals surface area contributed by atoms with Gasteiger partial charge in [0.05, 0.1) is 23.1 Å². The number of hydrogen-bond acceptors (Lipinski definition) is 4. The lowest BCUT2D eigenvalue weighted by atomic mass is 9.81. The number of fused-ring (bicyclic) bond motifs is 3. The molecule has 6 heteroatoms. The van der Waals surface area contributed by atoms with Crippen LogP contribution in [0.15, 0.2) is 30.3 Å². The van der Waals surface area contributed by atoms with Crippen LogP contribution in [0.2, 0.25) is 5.02 Å². The third-order valence-corrected chi connectivity index (χ3v) is 8.09. The number of benzene rings is 2. The number of rotatable bonds is 1. The summed E-state index contributed by atoms with van der Waals surface area (Å²) in [5.41, 5.74) is 6.06. The van der Waals surface area contributed by atoms with Crippen molar-refractivity contribution in [3.63, 3.8) is 0 Å². The highest BCUT2D eigenvalue weighted by molar-refractivity contribution is 6.31. The zero-order chi connectivity index (χ0) is 23.6. The van der Waals surface area contributed by atoms with E-state index in [0.717, 1.165) is 58.1 Å². The van der Waals surface area contributed by atoms with Crippen molar-refractivity contribution in [3.8, 4) is 5.75 Å². The van der Waals surface area contributed by atoms with Gasteiger partial charge in [-0.2, -0.15) is 0 Å². The van der Waals surface area contributed by atoms with Crippen LogP contribution in [0.4, 0.5) is 0 Å². The van der Waals surface area contributed by atoms with Crippen LogP contribution in [0.25, 0.3) is 10.9 Å². The van der Waals surface area contributed by atoms with Crippen molar-refractivity contribution >= 4 is 34.2 Å². The van der Waals surface area contributed by atoms with E-state index in [1.54, 1.807) is 0 Å². The van der Waals surface area contributed by atoms with Crippen LogP contribution in [0.5, 0.6) is 5.75 Å². The van der Waals surface area contributed by atoms with Gasteiger partial charge in [-0.3, -0.25) is 14.6 Å². The molecule has 2 aliphatic heterocycles. The molecule has 1 fully saturated rings. The van der Waals surface area contributed by atoms with Crippen molar-refractivity contribution in [3.05, 3.63) is 68.9 Å². The molecule has 2 aromatic carbocycles. The van der Waals surface area contributed by atoms with E-state index in [0.29, 0.717) is 48.7 Å².